The van der Waals surface area contributed by atoms with E-state index in [4.69, 9.17) is 23.8 Å². The molecule has 3 rings (SSSR count). The van der Waals surface area contributed by atoms with Gasteiger partial charge in [-0.25, -0.2) is 9.37 Å². The fourth-order valence-electron chi connectivity index (χ4n) is 2.70. The Morgan fingerprint density at radius 2 is 2.11 bits per heavy atom. The molecule has 2 aromatic carbocycles. The average Bonchev–Trinajstić information content (AvgIpc) is 2.63. The Morgan fingerprint density at radius 3 is 2.85 bits per heavy atom. The number of rotatable bonds is 5. The highest BCUT2D eigenvalue weighted by molar-refractivity contribution is 7.80. The normalized spacial score (nSPS) is 10.8. The van der Waals surface area contributed by atoms with E-state index in [2.05, 4.69) is 15.3 Å². The molecule has 0 atom stereocenters. The van der Waals surface area contributed by atoms with Gasteiger partial charge in [0, 0.05) is 11.6 Å². The number of H-pyrrole nitrogens is 1. The third kappa shape index (κ3) is 4.61. The second-order valence-electron chi connectivity index (χ2n) is 6.01. The second kappa shape index (κ2) is 8.45. The summed E-state index contributed by atoms with van der Waals surface area (Å²) in [5.41, 5.74) is 0.581. The molecule has 1 aromatic heterocycles. The standard InChI is InChI=1S/C19H18ClFN4OS/c1-2-9-25(19(27)23-15-6-4-3-5-14(15)21)11-17-22-16-10-12(20)7-8-13(16)18(26)24-17/h3-8,10H,2,9,11H2,1H3,(H,23,27)(H,22,24,26). The van der Waals surface area contributed by atoms with Crippen molar-refractivity contribution in [3.63, 3.8) is 0 Å². The number of anilines is 1. The Hall–Kier alpha value is -2.51. The zero-order chi connectivity index (χ0) is 19.4. The number of thiocarbonyl (C=S) groups is 1. The van der Waals surface area contributed by atoms with E-state index in [1.165, 1.54) is 6.07 Å². The lowest BCUT2D eigenvalue weighted by molar-refractivity contribution is 0.406. The molecule has 0 radical (unpaired) electrons. The van der Waals surface area contributed by atoms with Crippen LogP contribution in [0.2, 0.25) is 5.02 Å². The van der Waals surface area contributed by atoms with Crippen molar-refractivity contribution in [2.45, 2.75) is 19.9 Å². The molecule has 2 N–H and O–H groups in total. The zero-order valence-electron chi connectivity index (χ0n) is 14.6. The molecule has 0 saturated heterocycles. The van der Waals surface area contributed by atoms with Crippen LogP contribution in [0.3, 0.4) is 0 Å². The number of fused-ring (bicyclic) bond motifs is 1. The van der Waals surface area contributed by atoms with Gasteiger partial charge in [-0.3, -0.25) is 4.79 Å². The molecule has 0 bridgehead atoms. The third-order valence-electron chi connectivity index (χ3n) is 3.95. The fourth-order valence-corrected chi connectivity index (χ4v) is 3.13. The van der Waals surface area contributed by atoms with E-state index in [1.54, 1.807) is 36.4 Å². The van der Waals surface area contributed by atoms with Gasteiger partial charge >= 0.3 is 0 Å². The van der Waals surface area contributed by atoms with Crippen molar-refractivity contribution in [3.05, 3.63) is 69.5 Å². The maximum absolute atomic E-state index is 13.9. The zero-order valence-corrected chi connectivity index (χ0v) is 16.2. The fraction of sp³-hybridized carbons (Fsp3) is 0.211. The van der Waals surface area contributed by atoms with Gasteiger partial charge in [0.25, 0.3) is 5.56 Å². The summed E-state index contributed by atoms with van der Waals surface area (Å²) in [5.74, 6) is 0.0732. The number of hydrogen-bond acceptors (Lipinski definition) is 3. The molecule has 5 nitrogen and oxygen atoms in total. The molecule has 0 aliphatic heterocycles. The minimum Gasteiger partial charge on any atom is -0.342 e. The first-order valence-electron chi connectivity index (χ1n) is 8.47. The highest BCUT2D eigenvalue weighted by Gasteiger charge is 2.14. The summed E-state index contributed by atoms with van der Waals surface area (Å²) >= 11 is 11.4. The predicted molar refractivity (Wildman–Crippen MR) is 111 cm³/mol. The smallest absolute Gasteiger partial charge is 0.258 e. The molecule has 3 aromatic rings. The largest absolute Gasteiger partial charge is 0.342 e. The molecule has 0 spiro atoms. The Bertz CT molecular complexity index is 1040. The maximum Gasteiger partial charge on any atom is 0.258 e. The minimum atomic E-state index is -0.386. The van der Waals surface area contributed by atoms with Gasteiger partial charge in [0.15, 0.2) is 5.11 Å². The van der Waals surface area contributed by atoms with Crippen LogP contribution in [0.4, 0.5) is 10.1 Å². The van der Waals surface area contributed by atoms with E-state index in [0.29, 0.717) is 39.1 Å². The summed E-state index contributed by atoms with van der Waals surface area (Å²) in [7, 11) is 0. The molecule has 140 valence electrons. The van der Waals surface area contributed by atoms with E-state index in [-0.39, 0.29) is 17.9 Å². The number of aromatic amines is 1. The van der Waals surface area contributed by atoms with E-state index < -0.39 is 0 Å². The summed E-state index contributed by atoms with van der Waals surface area (Å²) in [5, 5.41) is 4.25. The van der Waals surface area contributed by atoms with Gasteiger partial charge in [0.1, 0.15) is 11.6 Å². The quantitative estimate of drug-likeness (QED) is 0.620. The number of halogens is 2. The van der Waals surface area contributed by atoms with E-state index in [9.17, 15) is 9.18 Å². The van der Waals surface area contributed by atoms with Crippen LogP contribution in [0.1, 0.15) is 19.2 Å². The van der Waals surface area contributed by atoms with Crippen LogP contribution in [0.15, 0.2) is 47.3 Å². The van der Waals surface area contributed by atoms with Gasteiger partial charge in [0.05, 0.1) is 23.1 Å². The Kier molecular flexibility index (Phi) is 6.03. The molecule has 0 unspecified atom stereocenters. The molecule has 1 heterocycles. The number of nitrogens with zero attached hydrogens (tertiary/aromatic N) is 2. The van der Waals surface area contributed by atoms with Crippen molar-refractivity contribution in [1.82, 2.24) is 14.9 Å². The van der Waals surface area contributed by atoms with Crippen LogP contribution in [-0.2, 0) is 6.54 Å². The summed E-state index contributed by atoms with van der Waals surface area (Å²) in [6.07, 6.45) is 0.822. The van der Waals surface area contributed by atoms with Crippen LogP contribution in [-0.4, -0.2) is 26.5 Å². The van der Waals surface area contributed by atoms with Crippen LogP contribution in [0, 0.1) is 5.82 Å². The molecule has 0 saturated carbocycles. The van der Waals surface area contributed by atoms with Crippen molar-refractivity contribution < 1.29 is 4.39 Å². The van der Waals surface area contributed by atoms with Crippen LogP contribution < -0.4 is 10.9 Å². The number of hydrogen-bond donors (Lipinski definition) is 2. The molecular weight excluding hydrogens is 387 g/mol. The number of nitrogens with one attached hydrogen (secondary N) is 2. The van der Waals surface area contributed by atoms with Crippen molar-refractivity contribution >= 4 is 45.5 Å². The predicted octanol–water partition coefficient (Wildman–Crippen LogP) is 4.32. The third-order valence-corrected chi connectivity index (χ3v) is 4.55. The van der Waals surface area contributed by atoms with Crippen molar-refractivity contribution in [3.8, 4) is 0 Å². The van der Waals surface area contributed by atoms with Gasteiger partial charge in [-0.1, -0.05) is 30.7 Å². The highest BCUT2D eigenvalue weighted by atomic mass is 35.5. The van der Waals surface area contributed by atoms with Crippen LogP contribution in [0.5, 0.6) is 0 Å². The highest BCUT2D eigenvalue weighted by Crippen LogP contribution is 2.16. The monoisotopic (exact) mass is 404 g/mol. The van der Waals surface area contributed by atoms with E-state index in [1.807, 2.05) is 11.8 Å². The maximum atomic E-state index is 13.9. The number of aromatic nitrogens is 2. The SMILES string of the molecule is CCCN(Cc1nc2cc(Cl)ccc2c(=O)[nH]1)C(=S)Nc1ccccc1F. The first-order valence-corrected chi connectivity index (χ1v) is 9.25. The summed E-state index contributed by atoms with van der Waals surface area (Å²) in [6.45, 7) is 2.92. The molecule has 0 aliphatic carbocycles. The molecule has 0 fully saturated rings. The van der Waals surface area contributed by atoms with Crippen molar-refractivity contribution in [2.24, 2.45) is 0 Å². The summed E-state index contributed by atoms with van der Waals surface area (Å²) < 4.78 is 13.9. The molecule has 27 heavy (non-hydrogen) atoms. The first-order chi connectivity index (χ1) is 13.0. The minimum absolute atomic E-state index is 0.240. The van der Waals surface area contributed by atoms with Gasteiger partial charge in [-0.2, -0.15) is 0 Å². The van der Waals surface area contributed by atoms with E-state index in [0.717, 1.165) is 6.42 Å². The first kappa shape index (κ1) is 19.3. The Labute approximate surface area is 166 Å². The lowest BCUT2D eigenvalue weighted by Gasteiger charge is -2.25. The van der Waals surface area contributed by atoms with Gasteiger partial charge in [-0.15, -0.1) is 0 Å². The van der Waals surface area contributed by atoms with Crippen LogP contribution in [0.25, 0.3) is 10.9 Å². The Balaban J connectivity index is 1.85. The second-order valence-corrected chi connectivity index (χ2v) is 6.83. The molecule has 0 amide bonds. The summed E-state index contributed by atoms with van der Waals surface area (Å²) in [4.78, 5) is 21.4. The summed E-state index contributed by atoms with van der Waals surface area (Å²) in [6, 6.07) is 11.3. The van der Waals surface area contributed by atoms with Gasteiger partial charge in [0.2, 0.25) is 0 Å². The molecule has 0 aliphatic rings. The number of para-hydroxylation sites is 1. The van der Waals surface area contributed by atoms with Crippen molar-refractivity contribution in [2.75, 3.05) is 11.9 Å². The lowest BCUT2D eigenvalue weighted by atomic mass is 10.2. The Morgan fingerprint density at radius 1 is 1.33 bits per heavy atom. The molecular formula is C19H18ClFN4OS. The van der Waals surface area contributed by atoms with Crippen molar-refractivity contribution in [1.29, 1.82) is 0 Å². The topological polar surface area (TPSA) is 61.0 Å². The van der Waals surface area contributed by atoms with E-state index >= 15 is 0 Å². The van der Waals surface area contributed by atoms with Crippen LogP contribution >= 0.6 is 23.8 Å². The molecule has 8 heteroatoms. The average molecular weight is 405 g/mol. The number of benzene rings is 2. The lowest BCUT2D eigenvalue weighted by Crippen LogP contribution is -2.36. The van der Waals surface area contributed by atoms with Gasteiger partial charge in [-0.05, 0) is 49.0 Å². The van der Waals surface area contributed by atoms with Gasteiger partial charge < -0.3 is 15.2 Å².